The third-order valence-corrected chi connectivity index (χ3v) is 8.28. The highest BCUT2D eigenvalue weighted by Crippen LogP contribution is 2.34. The van der Waals surface area contributed by atoms with Gasteiger partial charge in [-0.05, 0) is 91.9 Å². The molecule has 4 aromatic carbocycles. The zero-order valence-electron chi connectivity index (χ0n) is 24.4. The third-order valence-electron chi connectivity index (χ3n) is 8.28. The van der Waals surface area contributed by atoms with Crippen molar-refractivity contribution in [3.8, 4) is 34.0 Å². The Morgan fingerprint density at radius 3 is 2.14 bits per heavy atom. The summed E-state index contributed by atoms with van der Waals surface area (Å²) in [6.07, 6.45) is 1.82. The summed E-state index contributed by atoms with van der Waals surface area (Å²) in [6, 6.07) is 33.7. The van der Waals surface area contributed by atoms with E-state index in [4.69, 9.17) is 20.1 Å². The van der Waals surface area contributed by atoms with Gasteiger partial charge in [0.25, 0.3) is 0 Å². The van der Waals surface area contributed by atoms with Crippen LogP contribution < -0.4 is 0 Å². The van der Waals surface area contributed by atoms with E-state index in [1.807, 2.05) is 36.0 Å². The van der Waals surface area contributed by atoms with E-state index in [1.165, 1.54) is 11.1 Å². The van der Waals surface area contributed by atoms with Gasteiger partial charge in [0, 0.05) is 11.8 Å². The highest BCUT2D eigenvalue weighted by molar-refractivity contribution is 5.95. The molecule has 0 saturated heterocycles. The Hall–Kier alpha value is -5.56. The maximum atomic E-state index is 5.10. The molecule has 208 valence electrons. The molecule has 0 aliphatic heterocycles. The lowest BCUT2D eigenvalue weighted by Gasteiger charge is -2.10. The van der Waals surface area contributed by atoms with Crippen LogP contribution in [0.4, 0.5) is 0 Å². The van der Waals surface area contributed by atoms with Crippen LogP contribution in [0.2, 0.25) is 0 Å². The van der Waals surface area contributed by atoms with Gasteiger partial charge in [-0.2, -0.15) is 0 Å². The summed E-state index contributed by atoms with van der Waals surface area (Å²) >= 11 is 0. The molecule has 0 unspecified atom stereocenters. The van der Waals surface area contributed by atoms with Crippen molar-refractivity contribution in [2.45, 2.75) is 27.7 Å². The molecule has 7 nitrogen and oxygen atoms in total. The van der Waals surface area contributed by atoms with Gasteiger partial charge in [-0.25, -0.2) is 19.6 Å². The minimum Gasteiger partial charge on any atom is -0.276 e. The molecule has 0 saturated carbocycles. The quantitative estimate of drug-likeness (QED) is 0.219. The number of para-hydroxylation sites is 2. The molecule has 8 aromatic rings. The van der Waals surface area contributed by atoms with Crippen LogP contribution in [0, 0.1) is 27.7 Å². The summed E-state index contributed by atoms with van der Waals surface area (Å²) < 4.78 is 6.35. The van der Waals surface area contributed by atoms with Crippen LogP contribution in [-0.4, -0.2) is 33.7 Å². The number of aryl methyl sites for hydroxylation is 4. The van der Waals surface area contributed by atoms with Gasteiger partial charge in [-0.3, -0.25) is 8.97 Å². The Labute approximate surface area is 248 Å². The van der Waals surface area contributed by atoms with Crippen LogP contribution in [0.15, 0.2) is 103 Å². The van der Waals surface area contributed by atoms with E-state index in [-0.39, 0.29) is 0 Å². The standard InChI is InChI=1S/C36H29N7/c1-22-10-8-15-30-33(22)39-36-41(30)29-18-17-27(21-31(29)42(36)32-16-5-6-19-37-32)26-13-9-14-28(20-26)35-38-25(4)43(40-35)34-23(2)11-7-12-24(34)3/h5-21H,1-4H3. The molecular weight excluding hydrogens is 530 g/mol. The van der Waals surface area contributed by atoms with Gasteiger partial charge in [-0.15, -0.1) is 5.10 Å². The van der Waals surface area contributed by atoms with Crippen molar-refractivity contribution in [2.24, 2.45) is 0 Å². The minimum atomic E-state index is 0.709. The van der Waals surface area contributed by atoms with E-state index in [0.717, 1.165) is 67.4 Å². The fourth-order valence-corrected chi connectivity index (χ4v) is 6.21. The Kier molecular flexibility index (Phi) is 5.56. The molecule has 0 atom stereocenters. The topological polar surface area (TPSA) is 65.8 Å². The van der Waals surface area contributed by atoms with Crippen LogP contribution in [0.1, 0.15) is 22.5 Å². The average Bonchev–Trinajstić information content (AvgIpc) is 3.69. The maximum absolute atomic E-state index is 5.10. The highest BCUT2D eigenvalue weighted by Gasteiger charge is 2.20. The Morgan fingerprint density at radius 2 is 1.33 bits per heavy atom. The van der Waals surface area contributed by atoms with E-state index in [1.54, 1.807) is 0 Å². The van der Waals surface area contributed by atoms with Crippen LogP contribution in [-0.2, 0) is 0 Å². The first-order valence-corrected chi connectivity index (χ1v) is 14.4. The molecular formula is C36H29N7. The lowest BCUT2D eigenvalue weighted by atomic mass is 10.0. The van der Waals surface area contributed by atoms with Crippen molar-refractivity contribution >= 4 is 27.8 Å². The van der Waals surface area contributed by atoms with Gasteiger partial charge in [0.1, 0.15) is 11.6 Å². The highest BCUT2D eigenvalue weighted by atomic mass is 15.4. The summed E-state index contributed by atoms with van der Waals surface area (Å²) in [5, 5.41) is 4.95. The predicted octanol–water partition coefficient (Wildman–Crippen LogP) is 7.97. The Balaban J connectivity index is 1.29. The number of hydrogen-bond acceptors (Lipinski definition) is 4. The number of benzene rings is 4. The lowest BCUT2D eigenvalue weighted by Crippen LogP contribution is -2.04. The van der Waals surface area contributed by atoms with Gasteiger partial charge < -0.3 is 0 Å². The second-order valence-electron chi connectivity index (χ2n) is 11.1. The van der Waals surface area contributed by atoms with Crippen LogP contribution in [0.3, 0.4) is 0 Å². The molecule has 0 bridgehead atoms. The zero-order chi connectivity index (χ0) is 29.2. The second kappa shape index (κ2) is 9.49. The van der Waals surface area contributed by atoms with E-state index in [9.17, 15) is 0 Å². The SMILES string of the molecule is Cc1cccc(C)c1-n1nc(-c2cccc(-c3ccc4c(c3)n(-c3ccccn3)c3nc5c(C)cccc5n43)c2)nc1C. The first-order valence-electron chi connectivity index (χ1n) is 14.4. The smallest absolute Gasteiger partial charge is 0.221 e. The molecule has 4 aromatic heterocycles. The zero-order valence-corrected chi connectivity index (χ0v) is 24.4. The van der Waals surface area contributed by atoms with Crippen LogP contribution >= 0.6 is 0 Å². The number of pyridine rings is 1. The number of imidazole rings is 2. The number of rotatable bonds is 4. The van der Waals surface area contributed by atoms with Crippen LogP contribution in [0.5, 0.6) is 0 Å². The van der Waals surface area contributed by atoms with E-state index >= 15 is 0 Å². The minimum absolute atomic E-state index is 0.709. The molecule has 0 fully saturated rings. The lowest BCUT2D eigenvalue weighted by molar-refractivity contribution is 0.829. The summed E-state index contributed by atoms with van der Waals surface area (Å²) in [6.45, 7) is 8.34. The fraction of sp³-hybridized carbons (Fsp3) is 0.111. The predicted molar refractivity (Wildman–Crippen MR) is 172 cm³/mol. The van der Waals surface area contributed by atoms with Crippen molar-refractivity contribution in [3.05, 3.63) is 126 Å². The Bertz CT molecular complexity index is 2320. The molecule has 43 heavy (non-hydrogen) atoms. The van der Waals surface area contributed by atoms with Gasteiger partial charge in [0.05, 0.1) is 27.8 Å². The number of nitrogens with zero attached hydrogens (tertiary/aromatic N) is 7. The molecule has 8 rings (SSSR count). The number of aromatic nitrogens is 7. The molecule has 0 spiro atoms. The first kappa shape index (κ1) is 25.2. The molecule has 0 N–H and O–H groups in total. The summed E-state index contributed by atoms with van der Waals surface area (Å²) in [4.78, 5) is 14.7. The van der Waals surface area contributed by atoms with Gasteiger partial charge in [0.15, 0.2) is 5.82 Å². The molecule has 0 aliphatic rings. The van der Waals surface area contributed by atoms with Crippen molar-refractivity contribution < 1.29 is 0 Å². The summed E-state index contributed by atoms with van der Waals surface area (Å²) in [7, 11) is 0. The van der Waals surface area contributed by atoms with Crippen molar-refractivity contribution in [2.75, 3.05) is 0 Å². The molecule has 0 radical (unpaired) electrons. The van der Waals surface area contributed by atoms with Gasteiger partial charge in [-0.1, -0.05) is 60.7 Å². The molecule has 0 aliphatic carbocycles. The first-order chi connectivity index (χ1) is 21.0. The van der Waals surface area contributed by atoms with Gasteiger partial charge >= 0.3 is 0 Å². The third kappa shape index (κ3) is 3.89. The van der Waals surface area contributed by atoms with Crippen molar-refractivity contribution in [1.29, 1.82) is 0 Å². The number of hydrogen-bond donors (Lipinski definition) is 0. The number of fused-ring (bicyclic) bond motifs is 5. The molecule has 0 amide bonds. The van der Waals surface area contributed by atoms with Crippen molar-refractivity contribution in [3.63, 3.8) is 0 Å². The van der Waals surface area contributed by atoms with E-state index in [2.05, 4.69) is 109 Å². The summed E-state index contributed by atoms with van der Waals surface area (Å²) in [5.41, 5.74) is 12.0. The van der Waals surface area contributed by atoms with Gasteiger partial charge in [0.2, 0.25) is 5.78 Å². The largest absolute Gasteiger partial charge is 0.276 e. The van der Waals surface area contributed by atoms with E-state index < -0.39 is 0 Å². The maximum Gasteiger partial charge on any atom is 0.221 e. The molecule has 7 heteroatoms. The van der Waals surface area contributed by atoms with E-state index in [0.29, 0.717) is 5.82 Å². The average molecular weight is 560 g/mol. The van der Waals surface area contributed by atoms with Crippen LogP contribution in [0.25, 0.3) is 61.9 Å². The molecule has 4 heterocycles. The fourth-order valence-electron chi connectivity index (χ4n) is 6.21. The Morgan fingerprint density at radius 1 is 0.581 bits per heavy atom. The summed E-state index contributed by atoms with van der Waals surface area (Å²) in [5.74, 6) is 3.25. The van der Waals surface area contributed by atoms with Crippen molar-refractivity contribution in [1.82, 2.24) is 33.7 Å². The normalized spacial score (nSPS) is 11.7. The monoisotopic (exact) mass is 559 g/mol. The second-order valence-corrected chi connectivity index (χ2v) is 11.1.